The summed E-state index contributed by atoms with van der Waals surface area (Å²) in [7, 11) is 0. The largest absolute Gasteiger partial charge is 0.478 e. The Balaban J connectivity index is 1.34. The normalized spacial score (nSPS) is 11.6. The number of aryl methyl sites for hydroxylation is 3. The number of nitrogens with zero attached hydrogens (tertiary/aromatic N) is 2. The second kappa shape index (κ2) is 10.6. The monoisotopic (exact) mass is 505 g/mol. The highest BCUT2D eigenvalue weighted by atomic mass is 32.1. The molecule has 0 amide bonds. The molecule has 0 radical (unpaired) electrons. The Kier molecular flexibility index (Phi) is 7.56. The highest BCUT2D eigenvalue weighted by Crippen LogP contribution is 2.29. The van der Waals surface area contributed by atoms with Crippen LogP contribution in [0.5, 0.6) is 5.75 Å². The van der Waals surface area contributed by atoms with Gasteiger partial charge in [-0.3, -0.25) is 0 Å². The Morgan fingerprint density at radius 1 is 1.08 bits per heavy atom. The van der Waals surface area contributed by atoms with Crippen LogP contribution in [0.1, 0.15) is 52.7 Å². The van der Waals surface area contributed by atoms with Gasteiger partial charge in [-0.15, -0.1) is 11.3 Å². The lowest BCUT2D eigenvalue weighted by Crippen LogP contribution is -2.38. The standard InChI is InChI=1S/C28H31N3O4S/c1-17-11-20(12-18(2)25(17)35-28(4,5)27(32)33)14-29-15-24-30-22(16-36-24)13-23-19(3)34-26(31-23)21-9-7-6-8-10-21/h6-12,16,29H,13-15H2,1-5H3,(H,32,33). The second-order valence-corrected chi connectivity index (χ2v) is 10.3. The Hall–Kier alpha value is -3.49. The Morgan fingerprint density at radius 3 is 2.44 bits per heavy atom. The van der Waals surface area contributed by atoms with Gasteiger partial charge in [0.15, 0.2) is 5.60 Å². The minimum absolute atomic E-state index is 0.620. The quantitative estimate of drug-likeness (QED) is 0.279. The van der Waals surface area contributed by atoms with E-state index in [0.29, 0.717) is 31.2 Å². The van der Waals surface area contributed by atoms with Crippen LogP contribution in [0.4, 0.5) is 0 Å². The summed E-state index contributed by atoms with van der Waals surface area (Å²) < 4.78 is 11.7. The number of rotatable bonds is 10. The van der Waals surface area contributed by atoms with Crippen molar-refractivity contribution in [2.24, 2.45) is 0 Å². The second-order valence-electron chi connectivity index (χ2n) is 9.38. The van der Waals surface area contributed by atoms with Crippen LogP contribution in [0.3, 0.4) is 0 Å². The number of benzene rings is 2. The molecule has 0 aliphatic heterocycles. The molecule has 2 heterocycles. The molecule has 8 heteroatoms. The van der Waals surface area contributed by atoms with Gasteiger partial charge in [-0.05, 0) is 63.4 Å². The summed E-state index contributed by atoms with van der Waals surface area (Å²) in [6, 6.07) is 13.9. The summed E-state index contributed by atoms with van der Waals surface area (Å²) in [5, 5.41) is 15.9. The number of carbonyl (C=O) groups is 1. The van der Waals surface area contributed by atoms with E-state index < -0.39 is 11.6 Å². The molecule has 4 rings (SSSR count). The number of thiazole rings is 1. The van der Waals surface area contributed by atoms with E-state index in [9.17, 15) is 9.90 Å². The number of carboxylic acid groups (broad SMARTS) is 1. The average molecular weight is 506 g/mol. The summed E-state index contributed by atoms with van der Waals surface area (Å²) in [5.74, 6) is 1.07. The summed E-state index contributed by atoms with van der Waals surface area (Å²) in [4.78, 5) is 20.9. The summed E-state index contributed by atoms with van der Waals surface area (Å²) in [6.45, 7) is 10.2. The number of oxazole rings is 1. The fraction of sp³-hybridized carbons (Fsp3) is 0.321. The first-order chi connectivity index (χ1) is 17.1. The number of hydrogen-bond donors (Lipinski definition) is 2. The van der Waals surface area contributed by atoms with Crippen LogP contribution in [0.25, 0.3) is 11.5 Å². The third-order valence-corrected chi connectivity index (χ3v) is 6.76. The summed E-state index contributed by atoms with van der Waals surface area (Å²) in [5.41, 5.74) is 4.48. The van der Waals surface area contributed by atoms with Gasteiger partial charge >= 0.3 is 5.97 Å². The van der Waals surface area contributed by atoms with E-state index in [2.05, 4.69) is 15.7 Å². The fourth-order valence-corrected chi connectivity index (χ4v) is 4.66. The minimum Gasteiger partial charge on any atom is -0.478 e. The van der Waals surface area contributed by atoms with Crippen LogP contribution in [0.2, 0.25) is 0 Å². The zero-order chi connectivity index (χ0) is 25.9. The summed E-state index contributed by atoms with van der Waals surface area (Å²) in [6.07, 6.45) is 0.630. The van der Waals surface area contributed by atoms with Gasteiger partial charge in [0.25, 0.3) is 0 Å². The van der Waals surface area contributed by atoms with E-state index in [1.54, 1.807) is 25.2 Å². The Morgan fingerprint density at radius 2 is 1.78 bits per heavy atom. The lowest BCUT2D eigenvalue weighted by Gasteiger charge is -2.24. The highest BCUT2D eigenvalue weighted by molar-refractivity contribution is 7.09. The maximum atomic E-state index is 11.4. The Bertz CT molecular complexity index is 1340. The van der Waals surface area contributed by atoms with Crippen LogP contribution in [0, 0.1) is 20.8 Å². The molecular formula is C28H31N3O4S. The van der Waals surface area contributed by atoms with E-state index in [4.69, 9.17) is 14.1 Å². The molecule has 0 saturated carbocycles. The number of aliphatic carboxylic acids is 1. The SMILES string of the molecule is Cc1cc(CNCc2nc(Cc3nc(-c4ccccc4)oc3C)cs2)cc(C)c1OC(C)(C)C(=O)O. The molecule has 7 nitrogen and oxygen atoms in total. The zero-order valence-corrected chi connectivity index (χ0v) is 22.0. The summed E-state index contributed by atoms with van der Waals surface area (Å²) >= 11 is 1.62. The fourth-order valence-electron chi connectivity index (χ4n) is 3.89. The molecule has 2 aromatic heterocycles. The van der Waals surface area contributed by atoms with Crippen LogP contribution >= 0.6 is 11.3 Å². The Labute approximate surface area is 215 Å². The van der Waals surface area contributed by atoms with Crippen LogP contribution in [0.15, 0.2) is 52.3 Å². The third-order valence-electron chi connectivity index (χ3n) is 5.86. The van der Waals surface area contributed by atoms with Gasteiger partial charge in [-0.25, -0.2) is 14.8 Å². The van der Waals surface area contributed by atoms with Gasteiger partial charge in [-0.2, -0.15) is 0 Å². The lowest BCUT2D eigenvalue weighted by atomic mass is 10.0. The molecule has 0 aliphatic rings. The minimum atomic E-state index is -1.29. The molecule has 0 aliphatic carbocycles. The smallest absolute Gasteiger partial charge is 0.347 e. The molecule has 188 valence electrons. The van der Waals surface area contributed by atoms with Crippen LogP contribution in [-0.4, -0.2) is 26.6 Å². The highest BCUT2D eigenvalue weighted by Gasteiger charge is 2.30. The van der Waals surface area contributed by atoms with Crippen molar-refractivity contribution in [1.82, 2.24) is 15.3 Å². The number of aromatic nitrogens is 2. The number of nitrogens with one attached hydrogen (secondary N) is 1. The average Bonchev–Trinajstić information content (AvgIpc) is 3.43. The molecule has 2 N–H and O–H groups in total. The third kappa shape index (κ3) is 6.01. The topological polar surface area (TPSA) is 97.5 Å². The first-order valence-corrected chi connectivity index (χ1v) is 12.7. The lowest BCUT2D eigenvalue weighted by molar-refractivity contribution is -0.152. The predicted molar refractivity (Wildman–Crippen MR) is 140 cm³/mol. The van der Waals surface area contributed by atoms with Gasteiger partial charge in [-0.1, -0.05) is 30.3 Å². The molecule has 0 unspecified atom stereocenters. The number of carboxylic acids is 1. The van der Waals surface area contributed by atoms with E-state index in [1.165, 1.54) is 0 Å². The molecule has 0 atom stereocenters. The number of hydrogen-bond acceptors (Lipinski definition) is 7. The molecule has 4 aromatic rings. The van der Waals surface area contributed by atoms with Crippen molar-refractivity contribution in [3.8, 4) is 17.2 Å². The van der Waals surface area contributed by atoms with Crippen molar-refractivity contribution in [1.29, 1.82) is 0 Å². The van der Waals surface area contributed by atoms with Gasteiger partial charge in [0.1, 0.15) is 16.5 Å². The molecule has 2 aromatic carbocycles. The molecule has 0 bridgehead atoms. The van der Waals surface area contributed by atoms with Crippen molar-refractivity contribution >= 4 is 17.3 Å². The maximum Gasteiger partial charge on any atom is 0.347 e. The molecule has 0 saturated heterocycles. The van der Waals surface area contributed by atoms with Gasteiger partial charge in [0.05, 0.1) is 11.4 Å². The number of ether oxygens (including phenoxy) is 1. The molecule has 0 spiro atoms. The molecule has 36 heavy (non-hydrogen) atoms. The van der Waals surface area contributed by atoms with E-state index in [-0.39, 0.29) is 0 Å². The van der Waals surface area contributed by atoms with Gasteiger partial charge in [0, 0.05) is 30.5 Å². The van der Waals surface area contributed by atoms with Crippen LogP contribution < -0.4 is 10.1 Å². The first-order valence-electron chi connectivity index (χ1n) is 11.8. The van der Waals surface area contributed by atoms with Crippen LogP contribution in [-0.2, 0) is 24.3 Å². The maximum absolute atomic E-state index is 11.4. The van der Waals surface area contributed by atoms with Crippen molar-refractivity contribution in [2.75, 3.05) is 0 Å². The van der Waals surface area contributed by atoms with E-state index in [1.807, 2.05) is 63.2 Å². The van der Waals surface area contributed by atoms with E-state index >= 15 is 0 Å². The molecular weight excluding hydrogens is 474 g/mol. The predicted octanol–water partition coefficient (Wildman–Crippen LogP) is 5.85. The van der Waals surface area contributed by atoms with Gasteiger partial charge < -0.3 is 19.6 Å². The first kappa shape index (κ1) is 25.6. The van der Waals surface area contributed by atoms with Gasteiger partial charge in [0.2, 0.25) is 5.89 Å². The van der Waals surface area contributed by atoms with E-state index in [0.717, 1.165) is 44.4 Å². The van der Waals surface area contributed by atoms with Crippen molar-refractivity contribution < 1.29 is 19.1 Å². The molecule has 0 fully saturated rings. The van der Waals surface area contributed by atoms with Crippen molar-refractivity contribution in [3.05, 3.63) is 86.7 Å². The zero-order valence-electron chi connectivity index (χ0n) is 21.2. The van der Waals surface area contributed by atoms with Crippen molar-refractivity contribution in [2.45, 2.75) is 59.7 Å². The van der Waals surface area contributed by atoms with Crippen molar-refractivity contribution in [3.63, 3.8) is 0 Å².